The fourth-order valence-corrected chi connectivity index (χ4v) is 3.52. The van der Waals surface area contributed by atoms with Gasteiger partial charge in [-0.25, -0.2) is 13.1 Å². The van der Waals surface area contributed by atoms with E-state index < -0.39 is 10.0 Å². The summed E-state index contributed by atoms with van der Waals surface area (Å²) in [6.45, 7) is 4.30. The van der Waals surface area contributed by atoms with Crippen LogP contribution in [-0.2, 0) is 14.8 Å². The van der Waals surface area contributed by atoms with Crippen LogP contribution in [-0.4, -0.2) is 33.2 Å². The third-order valence-corrected chi connectivity index (χ3v) is 5.22. The summed E-state index contributed by atoms with van der Waals surface area (Å²) in [5.41, 5.74) is 2.42. The van der Waals surface area contributed by atoms with E-state index in [1.165, 1.54) is 11.1 Å². The Bertz CT molecular complexity index is 613. The molecule has 0 unspecified atom stereocenters. The molecule has 0 aromatic heterocycles. The van der Waals surface area contributed by atoms with Crippen LogP contribution in [0.1, 0.15) is 30.4 Å². The van der Waals surface area contributed by atoms with Crippen molar-refractivity contribution in [1.29, 1.82) is 0 Å². The molecule has 21 heavy (non-hydrogen) atoms. The highest BCUT2D eigenvalue weighted by molar-refractivity contribution is 7.89. The molecule has 0 saturated heterocycles. The maximum Gasteiger partial charge on any atom is 0.223 e. The van der Waals surface area contributed by atoms with Crippen molar-refractivity contribution in [2.75, 3.05) is 18.8 Å². The predicted octanol–water partition coefficient (Wildman–Crippen LogP) is 1.15. The molecule has 1 aromatic carbocycles. The minimum Gasteiger partial charge on any atom is -0.355 e. The number of rotatable bonds is 7. The highest BCUT2D eigenvalue weighted by atomic mass is 32.2. The van der Waals surface area contributed by atoms with Crippen molar-refractivity contribution in [1.82, 2.24) is 10.0 Å². The van der Waals surface area contributed by atoms with Crippen LogP contribution in [0.4, 0.5) is 0 Å². The first-order chi connectivity index (χ1) is 9.94. The van der Waals surface area contributed by atoms with Gasteiger partial charge in [0.05, 0.1) is 5.75 Å². The van der Waals surface area contributed by atoms with Gasteiger partial charge in [0.2, 0.25) is 15.9 Å². The Kier molecular flexibility index (Phi) is 5.00. The molecule has 1 amide bonds. The van der Waals surface area contributed by atoms with E-state index >= 15 is 0 Å². The van der Waals surface area contributed by atoms with Crippen molar-refractivity contribution in [3.63, 3.8) is 0 Å². The van der Waals surface area contributed by atoms with Gasteiger partial charge in [-0.1, -0.05) is 31.2 Å². The molecule has 0 bridgehead atoms. The minimum absolute atomic E-state index is 0.0204. The molecule has 0 spiro atoms. The van der Waals surface area contributed by atoms with Crippen LogP contribution < -0.4 is 10.0 Å². The summed E-state index contributed by atoms with van der Waals surface area (Å²) in [6.07, 6.45) is 0.844. The normalized spacial score (nSPS) is 21.0. The average Bonchev–Trinajstić information content (AvgIpc) is 3.19. The smallest absolute Gasteiger partial charge is 0.223 e. The Balaban J connectivity index is 1.81. The quantitative estimate of drug-likeness (QED) is 0.793. The zero-order valence-corrected chi connectivity index (χ0v) is 13.2. The first-order valence-corrected chi connectivity index (χ1v) is 8.90. The van der Waals surface area contributed by atoms with Gasteiger partial charge < -0.3 is 5.32 Å². The fraction of sp³-hybridized carbons (Fsp3) is 0.533. The van der Waals surface area contributed by atoms with Gasteiger partial charge in [0.1, 0.15) is 0 Å². The third kappa shape index (κ3) is 4.28. The summed E-state index contributed by atoms with van der Waals surface area (Å²) in [7, 11) is -3.27. The van der Waals surface area contributed by atoms with Crippen LogP contribution in [0, 0.1) is 12.8 Å². The van der Waals surface area contributed by atoms with Gasteiger partial charge in [-0.3, -0.25) is 4.79 Å². The second-order valence-corrected chi connectivity index (χ2v) is 7.34. The molecule has 5 nitrogen and oxygen atoms in total. The summed E-state index contributed by atoms with van der Waals surface area (Å²) in [4.78, 5) is 12.0. The second-order valence-electron chi connectivity index (χ2n) is 5.41. The van der Waals surface area contributed by atoms with Crippen LogP contribution in [0.15, 0.2) is 24.3 Å². The summed E-state index contributed by atoms with van der Waals surface area (Å²) in [6, 6.07) is 8.08. The highest BCUT2D eigenvalue weighted by Gasteiger charge is 2.44. The number of nitrogens with one attached hydrogen (secondary N) is 2. The zero-order chi connectivity index (χ0) is 15.5. The molecule has 0 heterocycles. The van der Waals surface area contributed by atoms with Gasteiger partial charge in [-0.05, 0) is 30.4 Å². The van der Waals surface area contributed by atoms with Gasteiger partial charge >= 0.3 is 0 Å². The van der Waals surface area contributed by atoms with Crippen LogP contribution in [0.3, 0.4) is 0 Å². The highest BCUT2D eigenvalue weighted by Crippen LogP contribution is 2.48. The maximum absolute atomic E-state index is 12.0. The molecule has 116 valence electrons. The van der Waals surface area contributed by atoms with Crippen LogP contribution in [0.5, 0.6) is 0 Å². The lowest BCUT2D eigenvalue weighted by Crippen LogP contribution is -2.35. The number of aryl methyl sites for hydroxylation is 1. The lowest BCUT2D eigenvalue weighted by molar-refractivity contribution is -0.122. The van der Waals surface area contributed by atoms with Crippen LogP contribution in [0.2, 0.25) is 0 Å². The molecule has 1 aliphatic rings. The fourth-order valence-electron chi connectivity index (χ4n) is 2.56. The van der Waals surface area contributed by atoms with Gasteiger partial charge in [-0.15, -0.1) is 0 Å². The molecular weight excluding hydrogens is 288 g/mol. The summed E-state index contributed by atoms with van der Waals surface area (Å²) < 4.78 is 25.3. The Morgan fingerprint density at radius 1 is 1.33 bits per heavy atom. The van der Waals surface area contributed by atoms with Gasteiger partial charge in [0.15, 0.2) is 0 Å². The number of carbonyl (C=O) groups is 1. The molecule has 0 radical (unpaired) electrons. The van der Waals surface area contributed by atoms with Gasteiger partial charge in [0.25, 0.3) is 0 Å². The number of hydrogen-bond donors (Lipinski definition) is 2. The zero-order valence-electron chi connectivity index (χ0n) is 12.4. The van der Waals surface area contributed by atoms with E-state index in [4.69, 9.17) is 0 Å². The first kappa shape index (κ1) is 16.0. The predicted molar refractivity (Wildman–Crippen MR) is 82.5 cm³/mol. The molecule has 6 heteroatoms. The topological polar surface area (TPSA) is 75.3 Å². The molecule has 2 N–H and O–H groups in total. The van der Waals surface area contributed by atoms with E-state index in [9.17, 15) is 13.2 Å². The molecule has 1 aliphatic carbocycles. The van der Waals surface area contributed by atoms with Crippen LogP contribution >= 0.6 is 0 Å². The molecule has 0 aliphatic heterocycles. The van der Waals surface area contributed by atoms with Crippen molar-refractivity contribution in [2.24, 2.45) is 5.92 Å². The summed E-state index contributed by atoms with van der Waals surface area (Å²) in [5.74, 6) is 0.133. The minimum atomic E-state index is -3.27. The largest absolute Gasteiger partial charge is 0.355 e. The van der Waals surface area contributed by atoms with Crippen molar-refractivity contribution >= 4 is 15.9 Å². The number of sulfonamides is 1. The standard InChI is InChI=1S/C15H22N2O3S/c1-3-17-21(19,20)9-8-16-15(18)14-10-13(14)12-7-5-4-6-11(12)2/h4-7,13-14,17H,3,8-10H2,1-2H3,(H,16,18)/t13-,14+/m1/s1. The summed E-state index contributed by atoms with van der Waals surface area (Å²) in [5, 5.41) is 2.72. The lowest BCUT2D eigenvalue weighted by Gasteiger charge is -2.07. The molecule has 1 saturated carbocycles. The SMILES string of the molecule is CCNS(=O)(=O)CCNC(=O)[C@H]1C[C@@H]1c1ccccc1C. The summed E-state index contributed by atoms with van der Waals surface area (Å²) >= 11 is 0. The monoisotopic (exact) mass is 310 g/mol. The Hall–Kier alpha value is -1.40. The second kappa shape index (κ2) is 6.58. The van der Waals surface area contributed by atoms with Crippen molar-refractivity contribution < 1.29 is 13.2 Å². The van der Waals surface area contributed by atoms with Crippen molar-refractivity contribution in [2.45, 2.75) is 26.2 Å². The third-order valence-electron chi connectivity index (χ3n) is 3.75. The number of amides is 1. The molecule has 2 rings (SSSR count). The number of hydrogen-bond acceptors (Lipinski definition) is 3. The Morgan fingerprint density at radius 2 is 2.05 bits per heavy atom. The molecule has 1 aromatic rings. The lowest BCUT2D eigenvalue weighted by atomic mass is 10.0. The maximum atomic E-state index is 12.0. The van der Waals surface area contributed by atoms with Gasteiger partial charge in [-0.2, -0.15) is 0 Å². The first-order valence-electron chi connectivity index (χ1n) is 7.25. The van der Waals surface area contributed by atoms with Crippen molar-refractivity contribution in [3.05, 3.63) is 35.4 Å². The number of benzene rings is 1. The molecular formula is C15H22N2O3S. The molecule has 1 fully saturated rings. The Morgan fingerprint density at radius 3 is 2.71 bits per heavy atom. The van der Waals surface area contributed by atoms with Crippen molar-refractivity contribution in [3.8, 4) is 0 Å². The number of carbonyl (C=O) groups excluding carboxylic acids is 1. The molecule has 2 atom stereocenters. The average molecular weight is 310 g/mol. The van der Waals surface area contributed by atoms with E-state index in [0.717, 1.165) is 6.42 Å². The van der Waals surface area contributed by atoms with E-state index in [-0.39, 0.29) is 30.0 Å². The van der Waals surface area contributed by atoms with E-state index in [1.54, 1.807) is 6.92 Å². The van der Waals surface area contributed by atoms with E-state index in [2.05, 4.69) is 16.1 Å². The van der Waals surface area contributed by atoms with Gasteiger partial charge in [0, 0.05) is 19.0 Å². The van der Waals surface area contributed by atoms with E-state index in [1.807, 2.05) is 25.1 Å². The van der Waals surface area contributed by atoms with Crippen LogP contribution in [0.25, 0.3) is 0 Å². The van der Waals surface area contributed by atoms with E-state index in [0.29, 0.717) is 6.54 Å². The Labute approximate surface area is 126 Å².